The van der Waals surface area contributed by atoms with Crippen LogP contribution in [0, 0.1) is 0 Å². The number of sulfonamides is 1. The fourth-order valence-electron chi connectivity index (χ4n) is 5.18. The lowest BCUT2D eigenvalue weighted by Crippen LogP contribution is -2.33. The lowest BCUT2D eigenvalue weighted by molar-refractivity contribution is 0.0969. The molecule has 228 valence electrons. The number of hydrogen-bond acceptors (Lipinski definition) is 6. The van der Waals surface area contributed by atoms with Crippen molar-refractivity contribution in [1.82, 2.24) is 10.0 Å². The van der Waals surface area contributed by atoms with Crippen LogP contribution in [0.5, 0.6) is 5.75 Å². The molecule has 1 amide bonds. The number of halogens is 1. The van der Waals surface area contributed by atoms with E-state index in [1.807, 2.05) is 42.5 Å². The molecule has 3 aromatic carbocycles. The third kappa shape index (κ3) is 10.1. The number of carbonyl (C=O) groups excluding carboxylic acids is 1. The van der Waals surface area contributed by atoms with Crippen molar-refractivity contribution < 1.29 is 23.1 Å². The summed E-state index contributed by atoms with van der Waals surface area (Å²) in [5.74, 6) is -0.337. The molecule has 1 aliphatic carbocycles. The largest absolute Gasteiger partial charge is 0.490 e. The van der Waals surface area contributed by atoms with Crippen LogP contribution in [0.3, 0.4) is 0 Å². The molecule has 1 saturated carbocycles. The van der Waals surface area contributed by atoms with Crippen molar-refractivity contribution in [3.63, 3.8) is 0 Å². The second-order valence-corrected chi connectivity index (χ2v) is 12.6. The first-order chi connectivity index (χ1) is 19.8. The van der Waals surface area contributed by atoms with Crippen LogP contribution in [-0.4, -0.2) is 44.4 Å². The molecule has 9 heteroatoms. The Bertz CT molecular complexity index is 1360. The van der Waals surface area contributed by atoms with Gasteiger partial charge in [0.25, 0.3) is 5.91 Å². The van der Waals surface area contributed by atoms with Gasteiger partial charge in [-0.15, -0.1) is 12.4 Å². The highest BCUT2D eigenvalue weighted by molar-refractivity contribution is 7.90. The van der Waals surface area contributed by atoms with Gasteiger partial charge in [-0.2, -0.15) is 0 Å². The molecular formula is C33H43ClN2O5S. The van der Waals surface area contributed by atoms with Gasteiger partial charge in [0.2, 0.25) is 10.0 Å². The first kappa shape index (κ1) is 33.6. The molecule has 4 rings (SSSR count). The van der Waals surface area contributed by atoms with E-state index in [-0.39, 0.29) is 29.8 Å². The summed E-state index contributed by atoms with van der Waals surface area (Å²) in [5.41, 5.74) is 4.28. The molecule has 0 unspecified atom stereocenters. The van der Waals surface area contributed by atoms with Gasteiger partial charge in [-0.1, -0.05) is 74.0 Å². The monoisotopic (exact) mass is 614 g/mol. The number of hydrogen-bond donors (Lipinski definition) is 3. The summed E-state index contributed by atoms with van der Waals surface area (Å²) < 4.78 is 33.0. The van der Waals surface area contributed by atoms with Gasteiger partial charge in [0.05, 0.1) is 23.5 Å². The van der Waals surface area contributed by atoms with Gasteiger partial charge in [-0.25, -0.2) is 13.1 Å². The lowest BCUT2D eigenvalue weighted by Gasteiger charge is -2.24. The number of rotatable bonds is 14. The molecule has 3 N–H and O–H groups in total. The average Bonchev–Trinajstić information content (AvgIpc) is 2.98. The van der Waals surface area contributed by atoms with Crippen LogP contribution >= 0.6 is 12.4 Å². The topological polar surface area (TPSA) is 105 Å². The zero-order valence-electron chi connectivity index (χ0n) is 24.3. The van der Waals surface area contributed by atoms with Crippen LogP contribution in [0.4, 0.5) is 0 Å². The molecule has 0 saturated heterocycles. The summed E-state index contributed by atoms with van der Waals surface area (Å²) >= 11 is 0. The molecule has 0 aromatic heterocycles. The van der Waals surface area contributed by atoms with Crippen molar-refractivity contribution in [3.05, 3.63) is 89.5 Å². The maximum atomic E-state index is 13.0. The fourth-order valence-corrected chi connectivity index (χ4v) is 6.21. The van der Waals surface area contributed by atoms with Gasteiger partial charge in [-0.3, -0.25) is 4.79 Å². The normalized spacial score (nSPS) is 14.5. The van der Waals surface area contributed by atoms with Crippen LogP contribution in [0.25, 0.3) is 11.1 Å². The summed E-state index contributed by atoms with van der Waals surface area (Å²) in [6, 6.07) is 23.3. The highest BCUT2D eigenvalue weighted by Crippen LogP contribution is 2.31. The number of amides is 1. The summed E-state index contributed by atoms with van der Waals surface area (Å²) in [5, 5.41) is 13.6. The Labute approximate surface area is 256 Å². The molecule has 0 aliphatic heterocycles. The standard InChI is InChI=1S/C33H42N2O5S.ClH/c1-2-22-41(38,39)35-33(37)30-20-19-28(23-32(30)40-29-13-7-4-8-14-29)26-17-15-25(16-18-26)10-9-21-34-24-31(36)27-11-5-3-6-12-27;/h3,5-6,11-12,15-20,23,29,31,34,36H,2,4,7-10,13-14,21-22,24H2,1H3,(H,35,37);1H/t31-;/m0./s1. The highest BCUT2D eigenvalue weighted by atomic mass is 35.5. The fraction of sp³-hybridized carbons (Fsp3) is 0.424. The predicted molar refractivity (Wildman–Crippen MR) is 171 cm³/mol. The molecule has 1 aliphatic rings. The molecule has 42 heavy (non-hydrogen) atoms. The van der Waals surface area contributed by atoms with E-state index in [0.717, 1.165) is 61.8 Å². The third-order valence-corrected chi connectivity index (χ3v) is 8.86. The molecule has 0 bridgehead atoms. The third-order valence-electron chi connectivity index (χ3n) is 7.42. The van der Waals surface area contributed by atoms with Gasteiger partial charge in [-0.05, 0) is 85.9 Å². The van der Waals surface area contributed by atoms with E-state index in [2.05, 4.69) is 34.3 Å². The molecule has 0 radical (unpaired) electrons. The molecule has 3 aromatic rings. The summed E-state index contributed by atoms with van der Waals surface area (Å²) in [6.45, 7) is 3.09. The minimum atomic E-state index is -3.70. The second kappa shape index (κ2) is 16.7. The zero-order chi connectivity index (χ0) is 29.1. The van der Waals surface area contributed by atoms with Crippen molar-refractivity contribution >= 4 is 28.3 Å². The van der Waals surface area contributed by atoms with Gasteiger partial charge in [0, 0.05) is 6.54 Å². The van der Waals surface area contributed by atoms with Crippen molar-refractivity contribution in [1.29, 1.82) is 0 Å². The van der Waals surface area contributed by atoms with E-state index in [4.69, 9.17) is 4.74 Å². The number of aryl methyl sites for hydroxylation is 1. The highest BCUT2D eigenvalue weighted by Gasteiger charge is 2.22. The van der Waals surface area contributed by atoms with E-state index in [1.54, 1.807) is 13.0 Å². The van der Waals surface area contributed by atoms with Crippen molar-refractivity contribution in [2.45, 2.75) is 70.5 Å². The average molecular weight is 615 g/mol. The number of aliphatic hydroxyl groups excluding tert-OH is 1. The Morgan fingerprint density at radius 1 is 0.976 bits per heavy atom. The number of ether oxygens (including phenoxy) is 1. The quantitative estimate of drug-likeness (QED) is 0.186. The number of benzene rings is 3. The Hall–Kier alpha value is -2.91. The van der Waals surface area contributed by atoms with Crippen LogP contribution in [0.2, 0.25) is 0 Å². The number of nitrogens with one attached hydrogen (secondary N) is 2. The molecule has 1 atom stereocenters. The predicted octanol–water partition coefficient (Wildman–Crippen LogP) is 6.21. The van der Waals surface area contributed by atoms with E-state index in [0.29, 0.717) is 18.7 Å². The second-order valence-electron chi connectivity index (χ2n) is 10.8. The molecule has 0 heterocycles. The van der Waals surface area contributed by atoms with E-state index in [1.165, 1.54) is 12.0 Å². The Balaban J connectivity index is 0.00000484. The van der Waals surface area contributed by atoms with E-state index >= 15 is 0 Å². The van der Waals surface area contributed by atoms with E-state index in [9.17, 15) is 18.3 Å². The number of carbonyl (C=O) groups is 1. The van der Waals surface area contributed by atoms with Crippen molar-refractivity contribution in [2.24, 2.45) is 0 Å². The lowest BCUT2D eigenvalue weighted by atomic mass is 9.97. The van der Waals surface area contributed by atoms with Crippen LogP contribution in [-0.2, 0) is 16.4 Å². The summed E-state index contributed by atoms with van der Waals surface area (Å²) in [4.78, 5) is 13.0. The van der Waals surface area contributed by atoms with Gasteiger partial charge in [0.1, 0.15) is 5.75 Å². The van der Waals surface area contributed by atoms with Gasteiger partial charge < -0.3 is 15.2 Å². The van der Waals surface area contributed by atoms with Crippen LogP contribution in [0.15, 0.2) is 72.8 Å². The first-order valence-corrected chi connectivity index (χ1v) is 16.4. The molecular weight excluding hydrogens is 572 g/mol. The Morgan fingerprint density at radius 2 is 1.67 bits per heavy atom. The molecule has 7 nitrogen and oxygen atoms in total. The van der Waals surface area contributed by atoms with E-state index < -0.39 is 22.0 Å². The minimum absolute atomic E-state index is 0. The Kier molecular flexibility index (Phi) is 13.3. The zero-order valence-corrected chi connectivity index (χ0v) is 25.9. The van der Waals surface area contributed by atoms with Gasteiger partial charge >= 0.3 is 0 Å². The SMILES string of the molecule is CCCS(=O)(=O)NC(=O)c1ccc(-c2ccc(CCCNC[C@H](O)c3ccccc3)cc2)cc1OC1CCCCC1.Cl. The molecule has 1 fully saturated rings. The van der Waals surface area contributed by atoms with Crippen molar-refractivity contribution in [3.8, 4) is 16.9 Å². The van der Waals surface area contributed by atoms with Crippen LogP contribution < -0.4 is 14.8 Å². The van der Waals surface area contributed by atoms with Crippen LogP contribution in [0.1, 0.15) is 79.5 Å². The van der Waals surface area contributed by atoms with Crippen molar-refractivity contribution in [2.75, 3.05) is 18.8 Å². The maximum Gasteiger partial charge on any atom is 0.268 e. The molecule has 0 spiro atoms. The summed E-state index contributed by atoms with van der Waals surface area (Å²) in [7, 11) is -3.70. The minimum Gasteiger partial charge on any atom is -0.490 e. The first-order valence-electron chi connectivity index (χ1n) is 14.7. The maximum absolute atomic E-state index is 13.0. The van der Waals surface area contributed by atoms with Gasteiger partial charge in [0.15, 0.2) is 0 Å². The number of aliphatic hydroxyl groups is 1. The smallest absolute Gasteiger partial charge is 0.268 e. The summed E-state index contributed by atoms with van der Waals surface area (Å²) in [6.07, 6.45) is 6.99. The Morgan fingerprint density at radius 3 is 2.36 bits per heavy atom.